The Kier molecular flexibility index (Phi) is 4.43. The molecule has 0 aromatic heterocycles. The Morgan fingerprint density at radius 1 is 1.36 bits per heavy atom. The standard InChI is InChI=1S/C6H10O7Si/c1-13-6(9)4(2-5(7)8)3-14(10,11)12/h2,10-12H,3H2,1H3,(H,7,8)/b4-2+. The molecule has 4 N–H and O–H groups in total. The number of carbonyl (C=O) groups is 2. The third kappa shape index (κ3) is 5.43. The summed E-state index contributed by atoms with van der Waals surface area (Å²) >= 11 is 0. The van der Waals surface area contributed by atoms with Crippen LogP contribution < -0.4 is 0 Å². The van der Waals surface area contributed by atoms with E-state index < -0.39 is 32.4 Å². The third-order valence-corrected chi connectivity index (χ3v) is 2.03. The van der Waals surface area contributed by atoms with E-state index in [1.807, 2.05) is 0 Å². The summed E-state index contributed by atoms with van der Waals surface area (Å²) in [5.74, 6) is -2.47. The molecule has 8 heteroatoms. The van der Waals surface area contributed by atoms with Crippen LogP contribution in [0.15, 0.2) is 11.6 Å². The second-order valence-electron chi connectivity index (χ2n) is 2.45. The number of carboxylic acid groups (broad SMARTS) is 1. The normalized spacial score (nSPS) is 12.4. The molecule has 0 aliphatic rings. The van der Waals surface area contributed by atoms with E-state index in [0.717, 1.165) is 7.11 Å². The number of aliphatic carboxylic acids is 1. The number of methoxy groups -OCH3 is 1. The molecule has 0 fully saturated rings. The molecule has 0 aromatic rings. The zero-order valence-corrected chi connectivity index (χ0v) is 8.30. The molecule has 14 heavy (non-hydrogen) atoms. The molecule has 0 spiro atoms. The Balaban J connectivity index is 4.75. The fraction of sp³-hybridized carbons (Fsp3) is 0.333. The summed E-state index contributed by atoms with van der Waals surface area (Å²) in [5.41, 5.74) is -0.501. The van der Waals surface area contributed by atoms with Crippen LogP contribution in [0, 0.1) is 0 Å². The zero-order valence-electron chi connectivity index (χ0n) is 7.30. The van der Waals surface area contributed by atoms with Crippen molar-refractivity contribution >= 4 is 20.7 Å². The van der Waals surface area contributed by atoms with Gasteiger partial charge in [0, 0.05) is 17.7 Å². The Morgan fingerprint density at radius 3 is 2.14 bits per heavy atom. The first-order valence-corrected chi connectivity index (χ1v) is 5.50. The third-order valence-electron chi connectivity index (χ3n) is 1.17. The van der Waals surface area contributed by atoms with Gasteiger partial charge in [-0.05, 0) is 0 Å². The van der Waals surface area contributed by atoms with Crippen LogP contribution in [0.25, 0.3) is 0 Å². The number of carboxylic acids is 1. The predicted molar refractivity (Wildman–Crippen MR) is 45.0 cm³/mol. The first kappa shape index (κ1) is 12.8. The molecule has 0 saturated heterocycles. The van der Waals surface area contributed by atoms with Gasteiger partial charge >= 0.3 is 20.7 Å². The smallest absolute Gasteiger partial charge is 0.478 e. The number of rotatable bonds is 4. The molecule has 80 valence electrons. The molecule has 0 unspecified atom stereocenters. The van der Waals surface area contributed by atoms with Gasteiger partial charge in [-0.25, -0.2) is 9.59 Å². The lowest BCUT2D eigenvalue weighted by molar-refractivity contribution is -0.137. The van der Waals surface area contributed by atoms with Crippen LogP contribution in [0.4, 0.5) is 0 Å². The first-order chi connectivity index (χ1) is 6.26. The molecule has 0 atom stereocenters. The number of carbonyl (C=O) groups excluding carboxylic acids is 1. The van der Waals surface area contributed by atoms with Crippen LogP contribution in [0.2, 0.25) is 6.04 Å². The lowest BCUT2D eigenvalue weighted by atomic mass is 10.3. The summed E-state index contributed by atoms with van der Waals surface area (Å²) in [6.07, 6.45) is 0.455. The van der Waals surface area contributed by atoms with Gasteiger partial charge in [0.2, 0.25) is 0 Å². The Labute approximate surface area is 80.2 Å². The Bertz CT molecular complexity index is 264. The molecule has 0 rings (SSSR count). The molecule has 0 aromatic carbocycles. The van der Waals surface area contributed by atoms with Crippen molar-refractivity contribution in [3.8, 4) is 0 Å². The van der Waals surface area contributed by atoms with Crippen molar-refractivity contribution in [1.29, 1.82) is 0 Å². The Morgan fingerprint density at radius 2 is 1.86 bits per heavy atom. The van der Waals surface area contributed by atoms with Gasteiger partial charge in [0.15, 0.2) is 0 Å². The molecule has 0 radical (unpaired) electrons. The summed E-state index contributed by atoms with van der Waals surface area (Å²) in [7, 11) is -3.49. The predicted octanol–water partition coefficient (Wildman–Crippen LogP) is -1.91. The van der Waals surface area contributed by atoms with Gasteiger partial charge in [0.25, 0.3) is 0 Å². The quantitative estimate of drug-likeness (QED) is 0.248. The van der Waals surface area contributed by atoms with Gasteiger partial charge in [-0.2, -0.15) is 0 Å². The molecule has 0 aliphatic heterocycles. The van der Waals surface area contributed by atoms with E-state index in [0.29, 0.717) is 6.08 Å². The second kappa shape index (κ2) is 4.86. The van der Waals surface area contributed by atoms with Crippen molar-refractivity contribution in [2.75, 3.05) is 7.11 Å². The summed E-state index contributed by atoms with van der Waals surface area (Å²) < 4.78 is 4.18. The SMILES string of the molecule is COC(=O)/C(=C/C(=O)O)C[Si](O)(O)O. The highest BCUT2D eigenvalue weighted by atomic mass is 28.4. The van der Waals surface area contributed by atoms with Crippen molar-refractivity contribution < 1.29 is 33.8 Å². The molecule has 0 aliphatic carbocycles. The molecular weight excluding hydrogens is 212 g/mol. The van der Waals surface area contributed by atoms with Crippen LogP contribution in [-0.4, -0.2) is 47.3 Å². The van der Waals surface area contributed by atoms with E-state index in [1.54, 1.807) is 0 Å². The van der Waals surface area contributed by atoms with Crippen molar-refractivity contribution in [3.63, 3.8) is 0 Å². The van der Waals surface area contributed by atoms with Crippen molar-refractivity contribution in [3.05, 3.63) is 11.6 Å². The molecule has 0 heterocycles. The van der Waals surface area contributed by atoms with E-state index in [9.17, 15) is 9.59 Å². The van der Waals surface area contributed by atoms with E-state index in [4.69, 9.17) is 19.5 Å². The van der Waals surface area contributed by atoms with Crippen LogP contribution in [0.5, 0.6) is 0 Å². The van der Waals surface area contributed by atoms with Gasteiger partial charge in [0.1, 0.15) is 0 Å². The minimum absolute atomic E-state index is 0.455. The van der Waals surface area contributed by atoms with Gasteiger partial charge < -0.3 is 24.2 Å². The maximum Gasteiger partial charge on any atom is 0.497 e. The number of hydrogen-bond donors (Lipinski definition) is 4. The number of hydrogen-bond acceptors (Lipinski definition) is 6. The molecule has 0 bridgehead atoms. The van der Waals surface area contributed by atoms with E-state index in [1.165, 1.54) is 0 Å². The summed E-state index contributed by atoms with van der Waals surface area (Å²) in [5, 5.41) is 8.31. The van der Waals surface area contributed by atoms with Gasteiger partial charge in [-0.3, -0.25) is 0 Å². The van der Waals surface area contributed by atoms with Gasteiger partial charge in [0.05, 0.1) is 7.11 Å². The largest absolute Gasteiger partial charge is 0.497 e. The van der Waals surface area contributed by atoms with Crippen molar-refractivity contribution in [1.82, 2.24) is 0 Å². The maximum absolute atomic E-state index is 10.9. The van der Waals surface area contributed by atoms with E-state index in [2.05, 4.69) is 4.74 Å². The summed E-state index contributed by atoms with van der Waals surface area (Å²) in [6, 6.07) is -0.814. The first-order valence-electron chi connectivity index (χ1n) is 3.45. The summed E-state index contributed by atoms with van der Waals surface area (Å²) in [4.78, 5) is 47.0. The van der Waals surface area contributed by atoms with Crippen molar-refractivity contribution in [2.24, 2.45) is 0 Å². The highest BCUT2D eigenvalue weighted by Gasteiger charge is 2.31. The van der Waals surface area contributed by atoms with Crippen LogP contribution in [0.1, 0.15) is 0 Å². The second-order valence-corrected chi connectivity index (χ2v) is 4.35. The van der Waals surface area contributed by atoms with Crippen LogP contribution in [0.3, 0.4) is 0 Å². The van der Waals surface area contributed by atoms with E-state index >= 15 is 0 Å². The zero-order chi connectivity index (χ0) is 11.4. The van der Waals surface area contributed by atoms with Crippen LogP contribution in [-0.2, 0) is 14.3 Å². The fourth-order valence-electron chi connectivity index (χ4n) is 0.718. The van der Waals surface area contributed by atoms with Gasteiger partial charge in [-0.15, -0.1) is 0 Å². The topological polar surface area (TPSA) is 124 Å². The van der Waals surface area contributed by atoms with Crippen LogP contribution >= 0.6 is 0 Å². The van der Waals surface area contributed by atoms with E-state index in [-0.39, 0.29) is 0 Å². The van der Waals surface area contributed by atoms with Gasteiger partial charge in [-0.1, -0.05) is 0 Å². The minimum atomic E-state index is -4.50. The lowest BCUT2D eigenvalue weighted by Gasteiger charge is -2.10. The number of esters is 1. The molecular formula is C6H10O7Si. The van der Waals surface area contributed by atoms with Crippen molar-refractivity contribution in [2.45, 2.75) is 6.04 Å². The fourth-order valence-corrected chi connectivity index (χ4v) is 1.48. The highest BCUT2D eigenvalue weighted by Crippen LogP contribution is 2.10. The minimum Gasteiger partial charge on any atom is -0.478 e. The molecule has 0 saturated carbocycles. The monoisotopic (exact) mass is 222 g/mol. The number of ether oxygens (including phenoxy) is 1. The maximum atomic E-state index is 10.9. The lowest BCUT2D eigenvalue weighted by Crippen LogP contribution is -2.36. The average Bonchev–Trinajstić information content (AvgIpc) is 1.98. The highest BCUT2D eigenvalue weighted by molar-refractivity contribution is 6.57. The Hall–Kier alpha value is -1.22. The average molecular weight is 222 g/mol. The summed E-state index contributed by atoms with van der Waals surface area (Å²) in [6.45, 7) is 0. The molecule has 0 amide bonds. The molecule has 7 nitrogen and oxygen atoms in total.